The third-order valence-corrected chi connectivity index (χ3v) is 3.47. The van der Waals surface area contributed by atoms with Crippen LogP contribution in [0.25, 0.3) is 0 Å². The van der Waals surface area contributed by atoms with E-state index in [2.05, 4.69) is 70.3 Å². The smallest absolute Gasteiger partial charge is 0.135 e. The first-order chi connectivity index (χ1) is 9.33. The summed E-state index contributed by atoms with van der Waals surface area (Å²) in [6, 6.07) is 8.02. The lowest BCUT2D eigenvalue weighted by molar-refractivity contribution is 0.630. The van der Waals surface area contributed by atoms with E-state index >= 15 is 0 Å². The lowest BCUT2D eigenvalue weighted by atomic mass is 10.1. The molecule has 0 saturated carbocycles. The molecule has 0 fully saturated rings. The monoisotopic (exact) mass is 334 g/mol. The Bertz CT molecular complexity index is 605. The van der Waals surface area contributed by atoms with Crippen molar-refractivity contribution < 1.29 is 0 Å². The van der Waals surface area contributed by atoms with Crippen LogP contribution >= 0.6 is 15.9 Å². The number of aryl methyl sites for hydroxylation is 1. The Morgan fingerprint density at radius 1 is 1.05 bits per heavy atom. The molecule has 1 aromatic carbocycles. The van der Waals surface area contributed by atoms with E-state index in [1.807, 2.05) is 18.2 Å². The van der Waals surface area contributed by atoms with Crippen molar-refractivity contribution in [2.24, 2.45) is 0 Å². The second kappa shape index (κ2) is 5.79. The topological polar surface area (TPSA) is 49.8 Å². The van der Waals surface area contributed by atoms with Gasteiger partial charge in [-0.25, -0.2) is 9.97 Å². The lowest BCUT2D eigenvalue weighted by Gasteiger charge is -2.21. The van der Waals surface area contributed by atoms with Gasteiger partial charge in [0.15, 0.2) is 0 Å². The zero-order valence-electron chi connectivity index (χ0n) is 12.2. The number of halogens is 1. The zero-order chi connectivity index (χ0) is 14.8. The van der Waals surface area contributed by atoms with Gasteiger partial charge in [-0.2, -0.15) is 0 Å². The van der Waals surface area contributed by atoms with E-state index in [0.717, 1.165) is 21.8 Å². The Morgan fingerprint density at radius 2 is 1.75 bits per heavy atom. The number of benzene rings is 1. The van der Waals surface area contributed by atoms with Crippen molar-refractivity contribution in [1.29, 1.82) is 0 Å². The first kappa shape index (κ1) is 14.8. The van der Waals surface area contributed by atoms with Crippen molar-refractivity contribution in [2.45, 2.75) is 33.2 Å². The van der Waals surface area contributed by atoms with Crippen molar-refractivity contribution in [3.8, 4) is 0 Å². The third kappa shape index (κ3) is 4.20. The molecule has 0 atom stereocenters. The van der Waals surface area contributed by atoms with Crippen LogP contribution in [0.1, 0.15) is 26.3 Å². The van der Waals surface area contributed by atoms with Gasteiger partial charge in [-0.1, -0.05) is 22.0 Å². The highest BCUT2D eigenvalue weighted by atomic mass is 79.9. The summed E-state index contributed by atoms with van der Waals surface area (Å²) in [7, 11) is 0. The molecule has 5 heteroatoms. The SMILES string of the molecule is Cc1ccc(Nc2cc(NC(C)(C)C)ncn2)cc1Br. The van der Waals surface area contributed by atoms with E-state index in [9.17, 15) is 0 Å². The molecule has 20 heavy (non-hydrogen) atoms. The average molecular weight is 335 g/mol. The highest BCUT2D eigenvalue weighted by Crippen LogP contribution is 2.23. The molecule has 0 radical (unpaired) electrons. The highest BCUT2D eigenvalue weighted by molar-refractivity contribution is 9.10. The standard InChI is InChI=1S/C15H19BrN4/c1-10-5-6-11(7-12(10)16)19-13-8-14(18-9-17-13)20-15(2,3)4/h5-9H,1-4H3,(H2,17,18,19,20). The molecule has 0 aliphatic heterocycles. The fraction of sp³-hybridized carbons (Fsp3) is 0.333. The normalized spacial score (nSPS) is 11.2. The van der Waals surface area contributed by atoms with Crippen molar-refractivity contribution in [2.75, 3.05) is 10.6 Å². The molecule has 0 bridgehead atoms. The first-order valence-electron chi connectivity index (χ1n) is 6.47. The summed E-state index contributed by atoms with van der Waals surface area (Å²) in [5, 5.41) is 6.60. The summed E-state index contributed by atoms with van der Waals surface area (Å²) in [5.74, 6) is 1.57. The van der Waals surface area contributed by atoms with Crippen LogP contribution in [0.3, 0.4) is 0 Å². The summed E-state index contributed by atoms with van der Waals surface area (Å²) < 4.78 is 1.07. The van der Waals surface area contributed by atoms with Crippen molar-refractivity contribution in [3.05, 3.63) is 40.6 Å². The summed E-state index contributed by atoms with van der Waals surface area (Å²) >= 11 is 3.53. The maximum absolute atomic E-state index is 4.24. The zero-order valence-corrected chi connectivity index (χ0v) is 13.7. The number of nitrogens with one attached hydrogen (secondary N) is 2. The Labute approximate surface area is 128 Å². The molecular formula is C15H19BrN4. The molecule has 2 aromatic rings. The summed E-state index contributed by atoms with van der Waals surface area (Å²) in [6.45, 7) is 8.35. The molecule has 0 saturated heterocycles. The van der Waals surface area contributed by atoms with Crippen LogP contribution in [0.5, 0.6) is 0 Å². The fourth-order valence-corrected chi connectivity index (χ4v) is 2.08. The molecule has 0 amide bonds. The second-order valence-corrected chi connectivity index (χ2v) is 6.61. The Hall–Kier alpha value is -1.62. The van der Waals surface area contributed by atoms with E-state index in [1.54, 1.807) is 6.33 Å². The average Bonchev–Trinajstić information content (AvgIpc) is 2.32. The third-order valence-electron chi connectivity index (χ3n) is 2.61. The van der Waals surface area contributed by atoms with Crippen LogP contribution in [0, 0.1) is 6.92 Å². The minimum Gasteiger partial charge on any atom is -0.365 e. The molecule has 1 aromatic heterocycles. The van der Waals surface area contributed by atoms with Crippen molar-refractivity contribution in [3.63, 3.8) is 0 Å². The lowest BCUT2D eigenvalue weighted by Crippen LogP contribution is -2.26. The predicted octanol–water partition coefficient (Wildman–Crippen LogP) is 4.50. The van der Waals surface area contributed by atoms with Gasteiger partial charge in [-0.05, 0) is 45.4 Å². The number of rotatable bonds is 3. The van der Waals surface area contributed by atoms with E-state index in [4.69, 9.17) is 0 Å². The van der Waals surface area contributed by atoms with Gasteiger partial charge in [0.05, 0.1) is 0 Å². The Morgan fingerprint density at radius 3 is 2.40 bits per heavy atom. The molecule has 0 aliphatic carbocycles. The maximum atomic E-state index is 4.24. The van der Waals surface area contributed by atoms with Crippen molar-refractivity contribution in [1.82, 2.24) is 9.97 Å². The summed E-state index contributed by atoms with van der Waals surface area (Å²) in [4.78, 5) is 8.47. The van der Waals surface area contributed by atoms with Gasteiger partial charge in [-0.3, -0.25) is 0 Å². The first-order valence-corrected chi connectivity index (χ1v) is 7.26. The van der Waals surface area contributed by atoms with Crippen LogP contribution in [-0.4, -0.2) is 15.5 Å². The summed E-state index contributed by atoms with van der Waals surface area (Å²) in [6.07, 6.45) is 1.56. The predicted molar refractivity (Wildman–Crippen MR) is 87.6 cm³/mol. The van der Waals surface area contributed by atoms with Gasteiger partial charge in [0, 0.05) is 21.8 Å². The Kier molecular flexibility index (Phi) is 4.28. The number of nitrogens with zero attached hydrogens (tertiary/aromatic N) is 2. The van der Waals surface area contributed by atoms with Gasteiger partial charge in [0.1, 0.15) is 18.0 Å². The Balaban J connectivity index is 2.17. The molecule has 2 N–H and O–H groups in total. The number of hydrogen-bond acceptors (Lipinski definition) is 4. The molecule has 4 nitrogen and oxygen atoms in total. The van der Waals surface area contributed by atoms with Gasteiger partial charge in [0.25, 0.3) is 0 Å². The summed E-state index contributed by atoms with van der Waals surface area (Å²) in [5.41, 5.74) is 2.16. The molecule has 2 rings (SSSR count). The highest BCUT2D eigenvalue weighted by Gasteiger charge is 2.10. The van der Waals surface area contributed by atoms with Gasteiger partial charge in [-0.15, -0.1) is 0 Å². The number of aromatic nitrogens is 2. The van der Waals surface area contributed by atoms with E-state index in [1.165, 1.54) is 5.56 Å². The molecular weight excluding hydrogens is 316 g/mol. The van der Waals surface area contributed by atoms with E-state index in [0.29, 0.717) is 0 Å². The van der Waals surface area contributed by atoms with Crippen LogP contribution in [-0.2, 0) is 0 Å². The number of hydrogen-bond donors (Lipinski definition) is 2. The maximum Gasteiger partial charge on any atom is 0.135 e. The van der Waals surface area contributed by atoms with Crippen molar-refractivity contribution >= 4 is 33.3 Å². The van der Waals surface area contributed by atoms with Crippen LogP contribution in [0.2, 0.25) is 0 Å². The molecule has 1 heterocycles. The molecule has 0 spiro atoms. The largest absolute Gasteiger partial charge is 0.365 e. The number of anilines is 3. The van der Waals surface area contributed by atoms with E-state index in [-0.39, 0.29) is 5.54 Å². The van der Waals surface area contributed by atoms with Crippen LogP contribution < -0.4 is 10.6 Å². The molecule has 0 unspecified atom stereocenters. The van der Waals surface area contributed by atoms with Gasteiger partial charge < -0.3 is 10.6 Å². The van der Waals surface area contributed by atoms with Crippen LogP contribution in [0.15, 0.2) is 35.1 Å². The quantitative estimate of drug-likeness (QED) is 0.867. The molecule has 106 valence electrons. The van der Waals surface area contributed by atoms with E-state index < -0.39 is 0 Å². The second-order valence-electron chi connectivity index (χ2n) is 5.75. The van der Waals surface area contributed by atoms with Gasteiger partial charge in [0.2, 0.25) is 0 Å². The fourth-order valence-electron chi connectivity index (χ4n) is 1.70. The van der Waals surface area contributed by atoms with Crippen LogP contribution in [0.4, 0.5) is 17.3 Å². The minimum absolute atomic E-state index is 0.0293. The molecule has 0 aliphatic rings. The van der Waals surface area contributed by atoms with Gasteiger partial charge >= 0.3 is 0 Å². The minimum atomic E-state index is -0.0293.